The molecule has 0 bridgehead atoms. The zero-order chi connectivity index (χ0) is 19.7. The number of carbonyl (C=O) groups is 1. The molecule has 1 aliphatic rings. The maximum atomic E-state index is 12.5. The largest absolute Gasteiger partial charge is 0.345 e. The van der Waals surface area contributed by atoms with Gasteiger partial charge >= 0.3 is 6.03 Å². The van der Waals surface area contributed by atoms with E-state index in [0.29, 0.717) is 26.2 Å². The minimum atomic E-state index is -0.398. The number of nitrogens with one attached hydrogen (secondary N) is 1. The minimum absolute atomic E-state index is 0.0698. The molecule has 2 heterocycles. The summed E-state index contributed by atoms with van der Waals surface area (Å²) in [6.45, 7) is 4.48. The first-order valence-electron chi connectivity index (χ1n) is 8.93. The zero-order valence-electron chi connectivity index (χ0n) is 15.3. The normalized spacial score (nSPS) is 14.3. The van der Waals surface area contributed by atoms with Gasteiger partial charge in [-0.15, -0.1) is 0 Å². The highest BCUT2D eigenvalue weighted by atomic mass is 32.1. The van der Waals surface area contributed by atoms with E-state index in [-0.39, 0.29) is 11.7 Å². The molecule has 0 saturated carbocycles. The van der Waals surface area contributed by atoms with E-state index in [1.165, 1.54) is 17.4 Å². The number of urea groups is 1. The molecule has 0 radical (unpaired) electrons. The van der Waals surface area contributed by atoms with Crippen LogP contribution in [0.2, 0.25) is 0 Å². The van der Waals surface area contributed by atoms with Crippen molar-refractivity contribution in [3.8, 4) is 0 Å². The van der Waals surface area contributed by atoms with Crippen molar-refractivity contribution in [2.45, 2.75) is 6.92 Å². The second-order valence-corrected chi connectivity index (χ2v) is 7.63. The average molecular weight is 397 g/mol. The van der Waals surface area contributed by atoms with E-state index in [0.717, 1.165) is 26.6 Å². The van der Waals surface area contributed by atoms with E-state index < -0.39 is 4.92 Å². The molecule has 1 aromatic heterocycles. The Balaban J connectivity index is 1.41. The number of nitro groups is 1. The topological polar surface area (TPSA) is 91.6 Å². The number of hydrogen-bond acceptors (Lipinski definition) is 6. The van der Waals surface area contributed by atoms with Crippen LogP contribution in [-0.4, -0.2) is 47.0 Å². The fourth-order valence-electron chi connectivity index (χ4n) is 3.16. The number of amides is 2. The van der Waals surface area contributed by atoms with Crippen LogP contribution in [0.3, 0.4) is 0 Å². The molecule has 1 N–H and O–H groups in total. The molecule has 8 nitrogen and oxygen atoms in total. The molecule has 1 fully saturated rings. The Bertz CT molecular complexity index is 1040. The Morgan fingerprint density at radius 3 is 2.64 bits per heavy atom. The van der Waals surface area contributed by atoms with Crippen LogP contribution in [0.1, 0.15) is 5.56 Å². The summed E-state index contributed by atoms with van der Waals surface area (Å²) in [6.07, 6.45) is 0. The first-order chi connectivity index (χ1) is 13.5. The molecule has 1 aliphatic heterocycles. The van der Waals surface area contributed by atoms with Gasteiger partial charge in [0.25, 0.3) is 5.69 Å². The maximum Gasteiger partial charge on any atom is 0.321 e. The number of aromatic nitrogens is 1. The summed E-state index contributed by atoms with van der Waals surface area (Å²) in [7, 11) is 0. The number of aryl methyl sites for hydroxylation is 1. The van der Waals surface area contributed by atoms with Crippen LogP contribution in [0.4, 0.5) is 21.3 Å². The zero-order valence-corrected chi connectivity index (χ0v) is 16.1. The Labute approximate surface area is 165 Å². The van der Waals surface area contributed by atoms with Gasteiger partial charge in [-0.25, -0.2) is 9.78 Å². The second-order valence-electron chi connectivity index (χ2n) is 6.62. The smallest absolute Gasteiger partial charge is 0.321 e. The van der Waals surface area contributed by atoms with E-state index in [1.54, 1.807) is 17.0 Å². The number of hydrogen-bond donors (Lipinski definition) is 1. The lowest BCUT2D eigenvalue weighted by atomic mass is 10.2. The molecule has 28 heavy (non-hydrogen) atoms. The van der Waals surface area contributed by atoms with Crippen molar-refractivity contribution in [3.63, 3.8) is 0 Å². The number of thiazole rings is 1. The third kappa shape index (κ3) is 3.61. The number of para-hydroxylation sites is 1. The summed E-state index contributed by atoms with van der Waals surface area (Å²) < 4.78 is 0.795. The molecule has 0 aliphatic carbocycles. The molecular weight excluding hydrogens is 378 g/mol. The van der Waals surface area contributed by atoms with Gasteiger partial charge in [-0.2, -0.15) is 0 Å². The van der Waals surface area contributed by atoms with Crippen LogP contribution in [0.15, 0.2) is 42.5 Å². The molecule has 0 atom stereocenters. The Morgan fingerprint density at radius 2 is 1.93 bits per heavy atom. The summed E-state index contributed by atoms with van der Waals surface area (Å²) in [4.78, 5) is 31.6. The van der Waals surface area contributed by atoms with Crippen molar-refractivity contribution >= 4 is 44.1 Å². The Hall–Kier alpha value is -3.20. The SMILES string of the molecule is Cc1ccccc1NC(=O)N1CCN(c2nc3ccc([N+](=O)[O-])cc3s2)CC1. The van der Waals surface area contributed by atoms with Gasteiger partial charge in [0.15, 0.2) is 5.13 Å². The van der Waals surface area contributed by atoms with Gasteiger partial charge in [-0.1, -0.05) is 29.5 Å². The molecule has 144 valence electrons. The number of anilines is 2. The third-order valence-corrected chi connectivity index (χ3v) is 5.87. The van der Waals surface area contributed by atoms with Gasteiger partial charge in [0.05, 0.1) is 15.1 Å². The van der Waals surface area contributed by atoms with Crippen molar-refractivity contribution < 1.29 is 9.72 Å². The van der Waals surface area contributed by atoms with Crippen LogP contribution in [-0.2, 0) is 0 Å². The maximum absolute atomic E-state index is 12.5. The van der Waals surface area contributed by atoms with Crippen molar-refractivity contribution in [1.82, 2.24) is 9.88 Å². The highest BCUT2D eigenvalue weighted by molar-refractivity contribution is 7.22. The molecule has 9 heteroatoms. The summed E-state index contributed by atoms with van der Waals surface area (Å²) in [6, 6.07) is 12.3. The number of fused-ring (bicyclic) bond motifs is 1. The lowest BCUT2D eigenvalue weighted by molar-refractivity contribution is -0.384. The number of non-ortho nitro benzene ring substituents is 1. The Kier molecular flexibility index (Phi) is 4.82. The first kappa shape index (κ1) is 18.2. The van der Waals surface area contributed by atoms with Crippen molar-refractivity contribution in [3.05, 3.63) is 58.1 Å². The second kappa shape index (κ2) is 7.43. The molecule has 0 spiro atoms. The van der Waals surface area contributed by atoms with E-state index in [4.69, 9.17) is 0 Å². The predicted molar refractivity (Wildman–Crippen MR) is 110 cm³/mol. The number of rotatable bonds is 3. The molecule has 3 aromatic rings. The van der Waals surface area contributed by atoms with Crippen molar-refractivity contribution in [1.29, 1.82) is 0 Å². The monoisotopic (exact) mass is 397 g/mol. The molecule has 1 saturated heterocycles. The van der Waals surface area contributed by atoms with Gasteiger partial charge in [-0.05, 0) is 24.6 Å². The van der Waals surface area contributed by atoms with Gasteiger partial charge in [0.2, 0.25) is 0 Å². The molecule has 2 aromatic carbocycles. The molecular formula is C19H19N5O3S. The molecule has 2 amide bonds. The predicted octanol–water partition coefficient (Wildman–Crippen LogP) is 3.87. The van der Waals surface area contributed by atoms with Gasteiger partial charge < -0.3 is 15.1 Å². The quantitative estimate of drug-likeness (QED) is 0.535. The first-order valence-corrected chi connectivity index (χ1v) is 9.74. The van der Waals surface area contributed by atoms with Crippen LogP contribution >= 0.6 is 11.3 Å². The van der Waals surface area contributed by atoms with Gasteiger partial charge in [0.1, 0.15) is 0 Å². The van der Waals surface area contributed by atoms with Gasteiger partial charge in [-0.3, -0.25) is 10.1 Å². The molecule has 4 rings (SSSR count). The van der Waals surface area contributed by atoms with Crippen LogP contribution in [0.25, 0.3) is 10.2 Å². The van der Waals surface area contributed by atoms with E-state index in [2.05, 4.69) is 15.2 Å². The van der Waals surface area contributed by atoms with E-state index >= 15 is 0 Å². The average Bonchev–Trinajstić information content (AvgIpc) is 3.13. The summed E-state index contributed by atoms with van der Waals surface area (Å²) >= 11 is 1.44. The summed E-state index contributed by atoms with van der Waals surface area (Å²) in [5.41, 5.74) is 2.67. The van der Waals surface area contributed by atoms with E-state index in [1.807, 2.05) is 31.2 Å². The lowest BCUT2D eigenvalue weighted by Crippen LogP contribution is -2.50. The standard InChI is InChI=1S/C19H19N5O3S/c1-13-4-2-3-5-15(13)20-18(25)22-8-10-23(11-9-22)19-21-16-7-6-14(24(26)27)12-17(16)28-19/h2-7,12H,8-11H2,1H3,(H,20,25). The van der Waals surface area contributed by atoms with Gasteiger partial charge in [0, 0.05) is 44.0 Å². The fourth-order valence-corrected chi connectivity index (χ4v) is 4.21. The molecule has 0 unspecified atom stereocenters. The highest BCUT2D eigenvalue weighted by Gasteiger charge is 2.23. The van der Waals surface area contributed by atoms with E-state index in [9.17, 15) is 14.9 Å². The Morgan fingerprint density at radius 1 is 1.18 bits per heavy atom. The fraction of sp³-hybridized carbons (Fsp3) is 0.263. The minimum Gasteiger partial charge on any atom is -0.345 e. The van der Waals surface area contributed by atoms with Crippen LogP contribution in [0, 0.1) is 17.0 Å². The number of piperazine rings is 1. The number of nitro benzene ring substituents is 1. The number of benzene rings is 2. The van der Waals surface area contributed by atoms with Crippen molar-refractivity contribution in [2.75, 3.05) is 36.4 Å². The number of nitrogens with zero attached hydrogens (tertiary/aromatic N) is 4. The summed E-state index contributed by atoms with van der Waals surface area (Å²) in [5, 5.41) is 14.7. The van der Waals surface area contributed by atoms with Crippen molar-refractivity contribution in [2.24, 2.45) is 0 Å². The van der Waals surface area contributed by atoms with Crippen LogP contribution < -0.4 is 10.2 Å². The summed E-state index contributed by atoms with van der Waals surface area (Å²) in [5.74, 6) is 0. The lowest BCUT2D eigenvalue weighted by Gasteiger charge is -2.34. The third-order valence-electron chi connectivity index (χ3n) is 4.80. The van der Waals surface area contributed by atoms with Crippen LogP contribution in [0.5, 0.6) is 0 Å². The number of carbonyl (C=O) groups excluding carboxylic acids is 1. The highest BCUT2D eigenvalue weighted by Crippen LogP contribution is 2.31.